The molecule has 7 heteroatoms. The van der Waals surface area contributed by atoms with E-state index in [2.05, 4.69) is 10.3 Å². The van der Waals surface area contributed by atoms with E-state index in [0.717, 1.165) is 22.0 Å². The predicted octanol–water partition coefficient (Wildman–Crippen LogP) is 3.44. The van der Waals surface area contributed by atoms with E-state index in [1.54, 1.807) is 11.0 Å². The number of carbonyl (C=O) groups excluding carboxylic acids is 3. The summed E-state index contributed by atoms with van der Waals surface area (Å²) in [7, 11) is 1.31. The fourth-order valence-electron chi connectivity index (χ4n) is 4.47. The summed E-state index contributed by atoms with van der Waals surface area (Å²) in [5, 5.41) is 3.87. The number of hydrogen-bond donors (Lipinski definition) is 2. The van der Waals surface area contributed by atoms with Crippen molar-refractivity contribution in [1.29, 1.82) is 0 Å². The number of hydrogen-bond acceptors (Lipinski definition) is 4. The van der Waals surface area contributed by atoms with E-state index in [9.17, 15) is 14.4 Å². The van der Waals surface area contributed by atoms with Gasteiger partial charge in [0.25, 0.3) is 5.91 Å². The molecular formula is C26H29N3O4. The summed E-state index contributed by atoms with van der Waals surface area (Å²) in [6, 6.07) is 13.7. The highest BCUT2D eigenvalue weighted by Crippen LogP contribution is 2.27. The summed E-state index contributed by atoms with van der Waals surface area (Å²) in [6.45, 7) is 4.40. The standard InChI is InChI=1S/C26H29N3O4/c1-16(2)12-23(29-15-17-8-4-5-10-20(17)25(29)31)24(30)28-22(26(32)33-3)13-18-14-27-21-11-7-6-9-19(18)21/h4-11,14,16,22-23,27H,12-13,15H2,1-3H3,(H,28,30)/t22?,23-/m0/s1. The molecule has 0 radical (unpaired) electrons. The Labute approximate surface area is 193 Å². The third-order valence-electron chi connectivity index (χ3n) is 6.12. The maximum absolute atomic E-state index is 13.5. The first-order valence-electron chi connectivity index (χ1n) is 11.2. The molecule has 3 aromatic rings. The van der Waals surface area contributed by atoms with Crippen LogP contribution in [0.1, 0.15) is 41.8 Å². The van der Waals surface area contributed by atoms with Gasteiger partial charge in [0.05, 0.1) is 7.11 Å². The van der Waals surface area contributed by atoms with Gasteiger partial charge in [-0.3, -0.25) is 9.59 Å². The first-order valence-corrected chi connectivity index (χ1v) is 11.2. The smallest absolute Gasteiger partial charge is 0.328 e. The molecule has 0 spiro atoms. The topological polar surface area (TPSA) is 91.5 Å². The molecule has 1 unspecified atom stereocenters. The van der Waals surface area contributed by atoms with E-state index in [1.807, 2.05) is 62.5 Å². The molecule has 4 rings (SSSR count). The van der Waals surface area contributed by atoms with Gasteiger partial charge in [0.1, 0.15) is 12.1 Å². The van der Waals surface area contributed by atoms with Crippen molar-refractivity contribution >= 4 is 28.7 Å². The quantitative estimate of drug-likeness (QED) is 0.518. The van der Waals surface area contributed by atoms with E-state index >= 15 is 0 Å². The van der Waals surface area contributed by atoms with Gasteiger partial charge in [-0.25, -0.2) is 4.79 Å². The zero-order chi connectivity index (χ0) is 23.5. The summed E-state index contributed by atoms with van der Waals surface area (Å²) < 4.78 is 4.99. The molecule has 2 amide bonds. The Balaban J connectivity index is 1.57. The Kier molecular flexibility index (Phi) is 6.49. The fraction of sp³-hybridized carbons (Fsp3) is 0.346. The van der Waals surface area contributed by atoms with Crippen LogP contribution in [0.5, 0.6) is 0 Å². The molecule has 7 nitrogen and oxygen atoms in total. The van der Waals surface area contributed by atoms with Gasteiger partial charge in [0.15, 0.2) is 0 Å². The maximum Gasteiger partial charge on any atom is 0.328 e. The molecule has 1 aliphatic rings. The molecule has 0 bridgehead atoms. The van der Waals surface area contributed by atoms with Gasteiger partial charge < -0.3 is 19.9 Å². The highest BCUT2D eigenvalue weighted by molar-refractivity contribution is 6.01. The molecule has 1 aromatic heterocycles. The summed E-state index contributed by atoms with van der Waals surface area (Å²) >= 11 is 0. The number of para-hydroxylation sites is 1. The number of ether oxygens (including phenoxy) is 1. The second kappa shape index (κ2) is 9.48. The van der Waals surface area contributed by atoms with Crippen LogP contribution in [0, 0.1) is 5.92 Å². The molecule has 33 heavy (non-hydrogen) atoms. The monoisotopic (exact) mass is 447 g/mol. The van der Waals surface area contributed by atoms with E-state index in [-0.39, 0.29) is 24.2 Å². The Morgan fingerprint density at radius 3 is 2.58 bits per heavy atom. The van der Waals surface area contributed by atoms with Crippen LogP contribution in [0.2, 0.25) is 0 Å². The molecule has 2 heterocycles. The number of esters is 1. The Hall–Kier alpha value is -3.61. The number of fused-ring (bicyclic) bond motifs is 2. The number of nitrogens with zero attached hydrogens (tertiary/aromatic N) is 1. The Morgan fingerprint density at radius 2 is 1.85 bits per heavy atom. The van der Waals surface area contributed by atoms with Crippen molar-refractivity contribution in [2.24, 2.45) is 5.92 Å². The summed E-state index contributed by atoms with van der Waals surface area (Å²) in [5.74, 6) is -0.840. The SMILES string of the molecule is COC(=O)C(Cc1c[nH]c2ccccc12)NC(=O)[C@H](CC(C)C)N1Cc2ccccc2C1=O. The molecule has 2 N–H and O–H groups in total. The molecule has 172 valence electrons. The minimum absolute atomic E-state index is 0.155. The van der Waals surface area contributed by atoms with Crippen molar-refractivity contribution in [3.05, 3.63) is 71.4 Å². The van der Waals surface area contributed by atoms with Gasteiger partial charge in [-0.15, -0.1) is 0 Å². The molecular weight excluding hydrogens is 418 g/mol. The summed E-state index contributed by atoms with van der Waals surface area (Å²) in [4.78, 5) is 43.9. The Morgan fingerprint density at radius 1 is 1.12 bits per heavy atom. The number of benzene rings is 2. The van der Waals surface area contributed by atoms with Crippen LogP contribution in [0.15, 0.2) is 54.7 Å². The molecule has 2 atom stereocenters. The number of carbonyl (C=O) groups is 3. The van der Waals surface area contributed by atoms with Gasteiger partial charge in [-0.05, 0) is 35.6 Å². The van der Waals surface area contributed by atoms with Crippen molar-refractivity contribution in [2.75, 3.05) is 7.11 Å². The van der Waals surface area contributed by atoms with Crippen LogP contribution in [0.4, 0.5) is 0 Å². The highest BCUT2D eigenvalue weighted by Gasteiger charge is 2.38. The molecule has 0 saturated carbocycles. The zero-order valence-electron chi connectivity index (χ0n) is 19.1. The van der Waals surface area contributed by atoms with Gasteiger partial charge in [0.2, 0.25) is 5.91 Å². The molecule has 0 fully saturated rings. The highest BCUT2D eigenvalue weighted by atomic mass is 16.5. The maximum atomic E-state index is 13.5. The lowest BCUT2D eigenvalue weighted by atomic mass is 10.00. The third-order valence-corrected chi connectivity index (χ3v) is 6.12. The van der Waals surface area contributed by atoms with Gasteiger partial charge >= 0.3 is 5.97 Å². The van der Waals surface area contributed by atoms with Crippen LogP contribution < -0.4 is 5.32 Å². The van der Waals surface area contributed by atoms with E-state index in [4.69, 9.17) is 4.74 Å². The third kappa shape index (κ3) is 4.62. The van der Waals surface area contributed by atoms with Crippen LogP contribution >= 0.6 is 0 Å². The number of amides is 2. The second-order valence-electron chi connectivity index (χ2n) is 8.88. The lowest BCUT2D eigenvalue weighted by Crippen LogP contribution is -2.53. The van der Waals surface area contributed by atoms with Gasteiger partial charge in [0, 0.05) is 35.6 Å². The fourth-order valence-corrected chi connectivity index (χ4v) is 4.47. The average molecular weight is 448 g/mol. The first-order chi connectivity index (χ1) is 15.9. The average Bonchev–Trinajstić information content (AvgIpc) is 3.37. The van der Waals surface area contributed by atoms with E-state index in [0.29, 0.717) is 18.5 Å². The first kappa shape index (κ1) is 22.6. The number of aromatic amines is 1. The predicted molar refractivity (Wildman–Crippen MR) is 126 cm³/mol. The molecule has 0 aliphatic carbocycles. The number of nitrogens with one attached hydrogen (secondary N) is 2. The largest absolute Gasteiger partial charge is 0.467 e. The summed E-state index contributed by atoms with van der Waals surface area (Å²) in [5.41, 5.74) is 3.40. The normalized spacial score (nSPS) is 14.9. The van der Waals surface area contributed by atoms with Crippen molar-refractivity contribution in [1.82, 2.24) is 15.2 Å². The van der Waals surface area contributed by atoms with Crippen molar-refractivity contribution in [2.45, 2.75) is 45.3 Å². The Bertz CT molecular complexity index is 1180. The number of H-pyrrole nitrogens is 1. The van der Waals surface area contributed by atoms with Gasteiger partial charge in [-0.1, -0.05) is 50.2 Å². The van der Waals surface area contributed by atoms with Crippen molar-refractivity contribution < 1.29 is 19.1 Å². The minimum atomic E-state index is -0.864. The number of aromatic nitrogens is 1. The van der Waals surface area contributed by atoms with Gasteiger partial charge in [-0.2, -0.15) is 0 Å². The zero-order valence-corrected chi connectivity index (χ0v) is 19.1. The second-order valence-corrected chi connectivity index (χ2v) is 8.88. The van der Waals surface area contributed by atoms with Crippen molar-refractivity contribution in [3.63, 3.8) is 0 Å². The molecule has 1 aliphatic heterocycles. The summed E-state index contributed by atoms with van der Waals surface area (Å²) in [6.07, 6.45) is 2.62. The molecule has 2 aromatic carbocycles. The van der Waals surface area contributed by atoms with E-state index in [1.165, 1.54) is 7.11 Å². The lowest BCUT2D eigenvalue weighted by Gasteiger charge is -2.29. The van der Waals surface area contributed by atoms with Crippen LogP contribution in [0.25, 0.3) is 10.9 Å². The van der Waals surface area contributed by atoms with Crippen LogP contribution in [0.3, 0.4) is 0 Å². The van der Waals surface area contributed by atoms with E-state index < -0.39 is 18.1 Å². The minimum Gasteiger partial charge on any atom is -0.467 e. The number of methoxy groups -OCH3 is 1. The van der Waals surface area contributed by atoms with Crippen molar-refractivity contribution in [3.8, 4) is 0 Å². The molecule has 0 saturated heterocycles. The van der Waals surface area contributed by atoms with Crippen LogP contribution in [-0.4, -0.2) is 46.9 Å². The number of rotatable bonds is 8. The van der Waals surface area contributed by atoms with Crippen LogP contribution in [-0.2, 0) is 27.3 Å². The lowest BCUT2D eigenvalue weighted by molar-refractivity contribution is -0.145.